The molecule has 0 fully saturated rings. The van der Waals surface area contributed by atoms with Gasteiger partial charge in [-0.15, -0.1) is 0 Å². The Balaban J connectivity index is 2.42. The minimum atomic E-state index is -0.292. The molecular formula is C10H14N4O2. The molecule has 6 nitrogen and oxygen atoms in total. The van der Waals surface area contributed by atoms with Gasteiger partial charge in [-0.1, -0.05) is 0 Å². The van der Waals surface area contributed by atoms with Crippen molar-refractivity contribution in [2.75, 3.05) is 12.0 Å². The van der Waals surface area contributed by atoms with E-state index >= 15 is 0 Å². The number of carbonyl (C=O) groups is 1. The first-order chi connectivity index (χ1) is 7.72. The molecule has 0 bridgehead atoms. The van der Waals surface area contributed by atoms with Crippen molar-refractivity contribution >= 4 is 17.6 Å². The van der Waals surface area contributed by atoms with Gasteiger partial charge in [0.2, 0.25) is 5.95 Å². The Bertz CT molecular complexity index is 364. The number of ether oxygens (including phenoxy) is 1. The van der Waals surface area contributed by atoms with E-state index in [2.05, 4.69) is 20.5 Å². The quantitative estimate of drug-likeness (QED) is 0.460. The van der Waals surface area contributed by atoms with Crippen LogP contribution in [0.1, 0.15) is 20.3 Å². The van der Waals surface area contributed by atoms with Gasteiger partial charge >= 0.3 is 5.97 Å². The minimum Gasteiger partial charge on any atom is -0.466 e. The lowest BCUT2D eigenvalue weighted by atomic mass is 10.3. The van der Waals surface area contributed by atoms with Crippen molar-refractivity contribution in [3.05, 3.63) is 18.5 Å². The lowest BCUT2D eigenvalue weighted by molar-refractivity contribution is -0.141. The topological polar surface area (TPSA) is 76.5 Å². The lowest BCUT2D eigenvalue weighted by Gasteiger charge is -2.02. The molecule has 86 valence electrons. The van der Waals surface area contributed by atoms with E-state index < -0.39 is 0 Å². The molecule has 0 amide bonds. The SMILES string of the molecule is CCOC(=O)C/C(C)=N/Nc1ncccn1. The number of carbonyl (C=O) groups excluding carboxylic acids is 1. The standard InChI is InChI=1S/C10H14N4O2/c1-3-16-9(15)7-8(2)13-14-10-11-5-4-6-12-10/h4-6H,3,7H2,1-2H3,(H,11,12,14)/b13-8+. The summed E-state index contributed by atoms with van der Waals surface area (Å²) in [6, 6.07) is 1.71. The van der Waals surface area contributed by atoms with Crippen molar-refractivity contribution in [1.29, 1.82) is 0 Å². The largest absolute Gasteiger partial charge is 0.466 e. The van der Waals surface area contributed by atoms with Gasteiger partial charge < -0.3 is 4.74 Å². The molecule has 0 saturated heterocycles. The van der Waals surface area contributed by atoms with E-state index in [9.17, 15) is 4.79 Å². The first kappa shape index (κ1) is 12.1. The van der Waals surface area contributed by atoms with Gasteiger partial charge in [-0.05, 0) is 19.9 Å². The van der Waals surface area contributed by atoms with Crippen LogP contribution in [-0.4, -0.2) is 28.3 Å². The van der Waals surface area contributed by atoms with Crippen molar-refractivity contribution in [2.24, 2.45) is 5.10 Å². The number of nitrogens with one attached hydrogen (secondary N) is 1. The minimum absolute atomic E-state index is 0.160. The van der Waals surface area contributed by atoms with Crippen LogP contribution in [0.5, 0.6) is 0 Å². The Morgan fingerprint density at radius 3 is 2.81 bits per heavy atom. The van der Waals surface area contributed by atoms with Crippen molar-refractivity contribution in [1.82, 2.24) is 9.97 Å². The highest BCUT2D eigenvalue weighted by Crippen LogP contribution is 1.96. The molecular weight excluding hydrogens is 208 g/mol. The van der Waals surface area contributed by atoms with Gasteiger partial charge in [-0.3, -0.25) is 4.79 Å². The number of nitrogens with zero attached hydrogens (tertiary/aromatic N) is 3. The second-order valence-corrected chi connectivity index (χ2v) is 3.01. The molecule has 0 atom stereocenters. The number of aromatic nitrogens is 2. The molecule has 0 unspecified atom stereocenters. The van der Waals surface area contributed by atoms with Crippen LogP contribution < -0.4 is 5.43 Å². The lowest BCUT2D eigenvalue weighted by Crippen LogP contribution is -2.10. The second kappa shape index (κ2) is 6.49. The van der Waals surface area contributed by atoms with E-state index in [1.54, 1.807) is 32.3 Å². The van der Waals surface area contributed by atoms with Crippen molar-refractivity contribution in [3.8, 4) is 0 Å². The van der Waals surface area contributed by atoms with Crippen LogP contribution in [-0.2, 0) is 9.53 Å². The first-order valence-corrected chi connectivity index (χ1v) is 4.94. The van der Waals surface area contributed by atoms with Crippen LogP contribution in [0.3, 0.4) is 0 Å². The van der Waals surface area contributed by atoms with Gasteiger partial charge in [0.05, 0.1) is 13.0 Å². The van der Waals surface area contributed by atoms with E-state index in [1.165, 1.54) is 0 Å². The van der Waals surface area contributed by atoms with Gasteiger partial charge in [0, 0.05) is 18.1 Å². The Morgan fingerprint density at radius 2 is 2.19 bits per heavy atom. The van der Waals surface area contributed by atoms with E-state index in [1.807, 2.05) is 0 Å². The Kier molecular flexibility index (Phi) is 4.91. The summed E-state index contributed by atoms with van der Waals surface area (Å²) in [6.07, 6.45) is 3.37. The summed E-state index contributed by atoms with van der Waals surface area (Å²) < 4.78 is 4.79. The van der Waals surface area contributed by atoms with Crippen LogP contribution >= 0.6 is 0 Å². The van der Waals surface area contributed by atoms with Crippen LogP contribution in [0.2, 0.25) is 0 Å². The average molecular weight is 222 g/mol. The molecule has 1 rings (SSSR count). The predicted molar refractivity (Wildman–Crippen MR) is 60.0 cm³/mol. The van der Waals surface area contributed by atoms with Gasteiger partial charge in [0.25, 0.3) is 0 Å². The first-order valence-electron chi connectivity index (χ1n) is 4.94. The van der Waals surface area contributed by atoms with Crippen molar-refractivity contribution in [3.63, 3.8) is 0 Å². The molecule has 1 heterocycles. The maximum atomic E-state index is 11.1. The van der Waals surface area contributed by atoms with E-state index in [4.69, 9.17) is 4.74 Å². The monoisotopic (exact) mass is 222 g/mol. The fraction of sp³-hybridized carbons (Fsp3) is 0.400. The summed E-state index contributed by atoms with van der Waals surface area (Å²) >= 11 is 0. The average Bonchev–Trinajstić information content (AvgIpc) is 2.28. The molecule has 1 aromatic rings. The summed E-state index contributed by atoms with van der Waals surface area (Å²) in [4.78, 5) is 18.9. The summed E-state index contributed by atoms with van der Waals surface area (Å²) in [5.41, 5.74) is 3.27. The summed E-state index contributed by atoms with van der Waals surface area (Å²) in [5.74, 6) is 0.102. The fourth-order valence-corrected chi connectivity index (χ4v) is 0.963. The normalized spacial score (nSPS) is 11.0. The van der Waals surface area contributed by atoms with Crippen LogP contribution in [0, 0.1) is 0 Å². The van der Waals surface area contributed by atoms with E-state index in [0.29, 0.717) is 18.3 Å². The summed E-state index contributed by atoms with van der Waals surface area (Å²) in [6.45, 7) is 3.87. The molecule has 16 heavy (non-hydrogen) atoms. The Labute approximate surface area is 93.8 Å². The highest BCUT2D eigenvalue weighted by atomic mass is 16.5. The van der Waals surface area contributed by atoms with E-state index in [-0.39, 0.29) is 12.4 Å². The van der Waals surface area contributed by atoms with E-state index in [0.717, 1.165) is 0 Å². The molecule has 0 aromatic carbocycles. The molecule has 0 aliphatic heterocycles. The fourth-order valence-electron chi connectivity index (χ4n) is 0.963. The van der Waals surface area contributed by atoms with Gasteiger partial charge in [-0.2, -0.15) is 5.10 Å². The summed E-state index contributed by atoms with van der Waals surface area (Å²) in [7, 11) is 0. The highest BCUT2D eigenvalue weighted by Gasteiger charge is 2.03. The van der Waals surface area contributed by atoms with Crippen LogP contribution in [0.4, 0.5) is 5.95 Å². The smallest absolute Gasteiger partial charge is 0.311 e. The van der Waals surface area contributed by atoms with Gasteiger partial charge in [-0.25, -0.2) is 15.4 Å². The zero-order valence-electron chi connectivity index (χ0n) is 9.30. The molecule has 0 aliphatic carbocycles. The molecule has 0 saturated carbocycles. The molecule has 0 aliphatic rings. The highest BCUT2D eigenvalue weighted by molar-refractivity contribution is 5.97. The van der Waals surface area contributed by atoms with Crippen LogP contribution in [0.25, 0.3) is 0 Å². The third-order valence-corrected chi connectivity index (χ3v) is 1.62. The van der Waals surface area contributed by atoms with Gasteiger partial charge in [0.15, 0.2) is 0 Å². The molecule has 0 radical (unpaired) electrons. The number of hydrogen-bond donors (Lipinski definition) is 1. The third-order valence-electron chi connectivity index (χ3n) is 1.62. The second-order valence-electron chi connectivity index (χ2n) is 3.01. The van der Waals surface area contributed by atoms with Crippen molar-refractivity contribution < 1.29 is 9.53 Å². The summed E-state index contributed by atoms with van der Waals surface area (Å²) in [5, 5.41) is 3.96. The van der Waals surface area contributed by atoms with Crippen LogP contribution in [0.15, 0.2) is 23.6 Å². The number of anilines is 1. The maximum Gasteiger partial charge on any atom is 0.311 e. The number of hydrazone groups is 1. The predicted octanol–water partition coefficient (Wildman–Crippen LogP) is 1.22. The zero-order valence-corrected chi connectivity index (χ0v) is 9.30. The Hall–Kier alpha value is -1.98. The van der Waals surface area contributed by atoms with Crippen molar-refractivity contribution in [2.45, 2.75) is 20.3 Å². The zero-order chi connectivity index (χ0) is 11.8. The number of rotatable bonds is 5. The van der Waals surface area contributed by atoms with Gasteiger partial charge in [0.1, 0.15) is 0 Å². The number of hydrogen-bond acceptors (Lipinski definition) is 6. The molecule has 6 heteroatoms. The molecule has 1 aromatic heterocycles. The molecule has 0 spiro atoms. The molecule has 1 N–H and O–H groups in total. The number of esters is 1. The maximum absolute atomic E-state index is 11.1. The third kappa shape index (κ3) is 4.50. The Morgan fingerprint density at radius 1 is 1.50 bits per heavy atom.